The number of nitrogens with one attached hydrogen (secondary N) is 4. The van der Waals surface area contributed by atoms with Crippen LogP contribution < -0.4 is 55.9 Å². The average Bonchev–Trinajstić information content (AvgIpc) is 0.712. The number of hydrogen-bond acceptors (Lipinski definition) is 24. The number of ether oxygens (including phenoxy) is 6. The number of amides is 5. The molecule has 8 N–H and O–H groups in total. The second-order valence-electron chi connectivity index (χ2n) is 38.3. The fourth-order valence-corrected chi connectivity index (χ4v) is 17.3. The molecular formula is C96H124Cl6N18O15. The van der Waals surface area contributed by atoms with Crippen LogP contribution in [0.4, 0.5) is 43.2 Å². The maximum Gasteiger partial charge on any atom is 0.410 e. The van der Waals surface area contributed by atoms with Gasteiger partial charge in [-0.2, -0.15) is 5.26 Å². The first-order valence-corrected chi connectivity index (χ1v) is 45.4. The number of piperazine rings is 4. The van der Waals surface area contributed by atoms with E-state index in [1.807, 2.05) is 91.5 Å². The number of pyridine rings is 4. The Bertz CT molecular complexity index is 5290. The minimum atomic E-state index is -0.996. The van der Waals surface area contributed by atoms with Crippen molar-refractivity contribution in [3.8, 4) is 23.3 Å². The Morgan fingerprint density at radius 1 is 0.459 bits per heavy atom. The number of carboxylic acid groups (broad SMARTS) is 2. The second-order valence-corrected chi connectivity index (χ2v) is 39.9. The summed E-state index contributed by atoms with van der Waals surface area (Å²) in [6.07, 6.45) is 6.25. The number of aromatic nitrogens is 4. The summed E-state index contributed by atoms with van der Waals surface area (Å²) in [5.74, 6) is 2.01. The number of hydrogen-bond donors (Lipinski definition) is 7. The van der Waals surface area contributed by atoms with Gasteiger partial charge in [-0.05, 0) is 147 Å². The van der Waals surface area contributed by atoms with E-state index in [9.17, 15) is 33.6 Å². The first kappa shape index (κ1) is 111. The molecule has 39 heteroatoms. The number of nitriles is 1. The molecule has 7 fully saturated rings. The van der Waals surface area contributed by atoms with Crippen LogP contribution >= 0.6 is 71.2 Å². The molecule has 0 atom stereocenters. The molecule has 0 bridgehead atoms. The van der Waals surface area contributed by atoms with Crippen LogP contribution in [-0.4, -0.2) is 245 Å². The van der Waals surface area contributed by atoms with Gasteiger partial charge >= 0.3 is 30.2 Å². The SMILES string of the molecule is CC(C)(C)OC(=O)N1CCN(c2ccc(C(=O)NC3CC(Oc4ccc(C#N)c(Cl)c4)C3)cn2)CC1.CC(C)(C)OC(=O)N1CCN(c2ccc(C(=O)O)cn2)CC1.CC(C)(C)OC(=O)N1CCNCC1.Cl.Cl.O=C(O)c1ccc(Cl)nc1.[C-]#[N+]c1ccc(OC2C(C)(C)C(N)C2(C)C)cc1Cl.[C-]#[N+]c1ccc(OC2C(C)(C)C(NC(=O)c3ccc(N4CCNCC4)nc3)C2(C)C)cc1Cl. The van der Waals surface area contributed by atoms with E-state index in [2.05, 4.69) is 116 Å². The lowest BCUT2D eigenvalue weighted by molar-refractivity contribution is -0.164. The van der Waals surface area contributed by atoms with Crippen LogP contribution in [0.25, 0.3) is 9.69 Å². The summed E-state index contributed by atoms with van der Waals surface area (Å²) < 4.78 is 34.3. The molecular weight excluding hydrogens is 1860 g/mol. The molecule has 0 radical (unpaired) electrons. The van der Waals surface area contributed by atoms with Gasteiger partial charge in [0.25, 0.3) is 11.8 Å². The van der Waals surface area contributed by atoms with Crippen molar-refractivity contribution in [3.05, 3.63) is 199 Å². The van der Waals surface area contributed by atoms with Crippen molar-refractivity contribution in [1.29, 1.82) is 5.26 Å². The molecule has 730 valence electrons. The highest BCUT2D eigenvalue weighted by molar-refractivity contribution is 6.34. The Labute approximate surface area is 822 Å². The van der Waals surface area contributed by atoms with Crippen molar-refractivity contribution in [2.45, 2.75) is 184 Å². The monoisotopic (exact) mass is 1980 g/mol. The smallest absolute Gasteiger partial charge is 0.410 e. The minimum Gasteiger partial charge on any atom is -0.490 e. The highest BCUT2D eigenvalue weighted by atomic mass is 35.5. The van der Waals surface area contributed by atoms with E-state index in [4.69, 9.17) is 109 Å². The fraction of sp³-hybridized carbons (Fsp3) is 0.500. The molecule has 3 saturated carbocycles. The van der Waals surface area contributed by atoms with E-state index in [0.29, 0.717) is 137 Å². The summed E-state index contributed by atoms with van der Waals surface area (Å²) in [6.45, 7) is 59.4. The number of rotatable bonds is 15. The van der Waals surface area contributed by atoms with Crippen molar-refractivity contribution < 1.29 is 72.2 Å². The van der Waals surface area contributed by atoms with E-state index >= 15 is 0 Å². The van der Waals surface area contributed by atoms with Gasteiger partial charge in [-0.15, -0.1) is 24.8 Å². The molecule has 33 nitrogen and oxygen atoms in total. The van der Waals surface area contributed by atoms with Gasteiger partial charge in [-0.25, -0.2) is 53.6 Å². The van der Waals surface area contributed by atoms with Crippen molar-refractivity contribution in [3.63, 3.8) is 0 Å². The predicted octanol–water partition coefficient (Wildman–Crippen LogP) is 17.3. The molecule has 8 heterocycles. The van der Waals surface area contributed by atoms with Crippen LogP contribution in [-0.2, 0) is 14.2 Å². The summed E-state index contributed by atoms with van der Waals surface area (Å²) in [5.41, 5.74) is 6.64. The second kappa shape index (κ2) is 48.0. The van der Waals surface area contributed by atoms with Crippen molar-refractivity contribution >= 4 is 142 Å². The summed E-state index contributed by atoms with van der Waals surface area (Å²) in [6, 6.07) is 30.7. The van der Waals surface area contributed by atoms with Crippen LogP contribution in [0.3, 0.4) is 0 Å². The molecule has 5 amide bonds. The summed E-state index contributed by atoms with van der Waals surface area (Å²) >= 11 is 23.7. The van der Waals surface area contributed by atoms with Gasteiger partial charge in [0, 0.05) is 188 Å². The maximum absolute atomic E-state index is 13.0. The number of carbonyl (C=O) groups excluding carboxylic acids is 5. The highest BCUT2D eigenvalue weighted by Gasteiger charge is 2.65. The molecule has 4 saturated heterocycles. The molecule has 4 aliphatic heterocycles. The molecule has 0 spiro atoms. The maximum atomic E-state index is 13.0. The highest BCUT2D eigenvalue weighted by Crippen LogP contribution is 2.57. The van der Waals surface area contributed by atoms with Crippen LogP contribution in [0.2, 0.25) is 20.2 Å². The third-order valence-corrected chi connectivity index (χ3v) is 24.3. The largest absolute Gasteiger partial charge is 0.490 e. The Hall–Kier alpha value is -11.2. The number of benzene rings is 3. The van der Waals surface area contributed by atoms with E-state index < -0.39 is 23.1 Å². The fourth-order valence-electron chi connectivity index (χ4n) is 16.5. The molecule has 7 aromatic rings. The zero-order valence-electron chi connectivity index (χ0n) is 79.2. The van der Waals surface area contributed by atoms with Gasteiger partial charge in [0.05, 0.1) is 56.0 Å². The van der Waals surface area contributed by atoms with Gasteiger partial charge < -0.3 is 95.0 Å². The first-order chi connectivity index (χ1) is 62.4. The van der Waals surface area contributed by atoms with Crippen LogP contribution in [0.1, 0.15) is 178 Å². The molecule has 0 unspecified atom stereocenters. The summed E-state index contributed by atoms with van der Waals surface area (Å²) in [5, 5.41) is 40.4. The summed E-state index contributed by atoms with van der Waals surface area (Å²) in [7, 11) is 0. The Balaban J connectivity index is 0.000000231. The quantitative estimate of drug-likeness (QED) is 0.0285. The first-order valence-electron chi connectivity index (χ1n) is 43.9. The lowest BCUT2D eigenvalue weighted by atomic mass is 9.49. The molecule has 4 aromatic heterocycles. The van der Waals surface area contributed by atoms with Gasteiger partial charge in [-0.3, -0.25) is 9.59 Å². The number of nitrogens with two attached hydrogens (primary N) is 1. The lowest BCUT2D eigenvalue weighted by Gasteiger charge is -2.63. The number of halogens is 6. The number of anilines is 3. The third kappa shape index (κ3) is 30.9. The molecule has 3 aliphatic carbocycles. The normalized spacial score (nSPS) is 19.8. The van der Waals surface area contributed by atoms with Crippen molar-refractivity contribution in [2.75, 3.05) is 119 Å². The predicted molar refractivity (Wildman–Crippen MR) is 526 cm³/mol. The van der Waals surface area contributed by atoms with Gasteiger partial charge in [0.15, 0.2) is 0 Å². The Morgan fingerprint density at radius 2 is 0.800 bits per heavy atom. The molecule has 7 aliphatic rings. The average molecular weight is 1980 g/mol. The summed E-state index contributed by atoms with van der Waals surface area (Å²) in [4.78, 5) is 117. The standard InChI is InChI=1S/C26H30ClN5O4.C25H30ClN5O2.C15H19ClN2O.C15H21N3O4.C9H18N2O2.C6H4ClNO2.2ClH/c1-26(2,3)36-25(34)32-10-8-31(9-11-32)23-7-5-18(16-29-23)24(33)30-19-12-21(13-19)35-20-6-4-17(15-28)22(27)14-20;1-24(2)22(25(3,4)23(24)33-17-7-8-19(27-5)18(26)14-17)30-21(32)16-6-9-20(29-15-16)31-12-10-28-11-13-31;1-14(2)12(17)15(3,4)13(14)19-9-6-7-11(18-5)10(16)8-9;1-15(2,3)22-14(21)18-8-6-17(7-9-18)12-5-4-11(10-16-12)13(19)20;1-9(2,3)13-8(12)11-6-4-10-5-7-11;7-5-2-1-4(3-8-5)6(9)10;;/h4-7,14,16,19,21H,8-13H2,1-3H3,(H,30,33);6-9,14-15,22-23,28H,10-13H2,1-4H3,(H,30,32);6-8,12-13H,17H2,1-4H3;4-5,10H,6-9H2,1-3H3,(H,19,20);10H,4-7H2,1-3H3;1-3H,(H,9,10);2*1H. The van der Waals surface area contributed by atoms with Gasteiger partial charge in [0.2, 0.25) is 11.4 Å². The van der Waals surface area contributed by atoms with E-state index in [1.165, 1.54) is 30.6 Å². The van der Waals surface area contributed by atoms with Crippen LogP contribution in [0, 0.1) is 46.1 Å². The van der Waals surface area contributed by atoms with E-state index in [0.717, 1.165) is 64.0 Å². The van der Waals surface area contributed by atoms with E-state index in [1.54, 1.807) is 93.8 Å². The number of nitrogens with zero attached hydrogens (tertiary/aromatic N) is 13. The number of carboxylic acids is 2. The topological polar surface area (TPSA) is 393 Å². The minimum absolute atomic E-state index is 0. The Morgan fingerprint density at radius 3 is 1.15 bits per heavy atom. The molecule has 14 rings (SSSR count). The number of carbonyl (C=O) groups is 7. The zero-order valence-corrected chi connectivity index (χ0v) is 83.9. The number of aromatic carboxylic acids is 2. The zero-order chi connectivity index (χ0) is 97.9. The van der Waals surface area contributed by atoms with Gasteiger partial charge in [0.1, 0.15) is 81.0 Å². The molecule has 135 heavy (non-hydrogen) atoms. The lowest BCUT2D eigenvalue weighted by Crippen LogP contribution is -2.74. The third-order valence-electron chi connectivity index (χ3n) is 23.2. The van der Waals surface area contributed by atoms with Crippen LogP contribution in [0.5, 0.6) is 17.2 Å². The van der Waals surface area contributed by atoms with E-state index in [-0.39, 0.29) is 130 Å². The van der Waals surface area contributed by atoms with Crippen molar-refractivity contribution in [1.82, 2.24) is 55.9 Å². The van der Waals surface area contributed by atoms with Crippen LogP contribution in [0.15, 0.2) is 128 Å². The van der Waals surface area contributed by atoms with Crippen molar-refractivity contribution in [2.24, 2.45) is 27.4 Å². The molecule has 3 aromatic carbocycles. The Kier molecular flexibility index (Phi) is 39.4. The van der Waals surface area contributed by atoms with Gasteiger partial charge in [-0.1, -0.05) is 114 Å².